The van der Waals surface area contributed by atoms with Crippen molar-refractivity contribution in [2.24, 2.45) is 0 Å². The Morgan fingerprint density at radius 2 is 2.25 bits per heavy atom. The van der Waals surface area contributed by atoms with Gasteiger partial charge in [0.2, 0.25) is 0 Å². The summed E-state index contributed by atoms with van der Waals surface area (Å²) in [6.07, 6.45) is 0.772. The SMILES string of the molecule is C=COC(=O)C(=C)C(C)OCC. The smallest absolute Gasteiger partial charge is 0.340 e. The Balaban J connectivity index is 3.99. The number of ether oxygens (including phenoxy) is 2. The largest absolute Gasteiger partial charge is 0.432 e. The van der Waals surface area contributed by atoms with Gasteiger partial charge in [-0.3, -0.25) is 0 Å². The Hall–Kier alpha value is -1.09. The zero-order valence-electron chi connectivity index (χ0n) is 7.50. The highest BCUT2D eigenvalue weighted by molar-refractivity contribution is 5.89. The molecule has 0 aliphatic carbocycles. The number of carbonyl (C=O) groups is 1. The molecule has 0 heterocycles. The Morgan fingerprint density at radius 1 is 1.67 bits per heavy atom. The summed E-state index contributed by atoms with van der Waals surface area (Å²) in [6.45, 7) is 10.9. The van der Waals surface area contributed by atoms with Crippen LogP contribution in [0.3, 0.4) is 0 Å². The summed E-state index contributed by atoms with van der Waals surface area (Å²) in [5.41, 5.74) is 0.303. The highest BCUT2D eigenvalue weighted by Gasteiger charge is 2.14. The van der Waals surface area contributed by atoms with Gasteiger partial charge < -0.3 is 9.47 Å². The molecule has 3 nitrogen and oxygen atoms in total. The van der Waals surface area contributed by atoms with E-state index in [1.165, 1.54) is 0 Å². The monoisotopic (exact) mass is 170 g/mol. The van der Waals surface area contributed by atoms with Gasteiger partial charge in [-0.2, -0.15) is 0 Å². The molecule has 0 aliphatic heterocycles. The highest BCUT2D eigenvalue weighted by atomic mass is 16.5. The van der Waals surface area contributed by atoms with Crippen molar-refractivity contribution < 1.29 is 14.3 Å². The summed E-state index contributed by atoms with van der Waals surface area (Å²) in [6, 6.07) is 0. The van der Waals surface area contributed by atoms with Gasteiger partial charge in [0.05, 0.1) is 17.9 Å². The molecule has 0 spiro atoms. The van der Waals surface area contributed by atoms with E-state index in [2.05, 4.69) is 17.9 Å². The first-order valence-corrected chi connectivity index (χ1v) is 3.75. The normalized spacial score (nSPS) is 11.8. The second kappa shape index (κ2) is 5.55. The molecule has 1 unspecified atom stereocenters. The Bertz CT molecular complexity index is 184. The van der Waals surface area contributed by atoms with E-state index in [4.69, 9.17) is 4.74 Å². The van der Waals surface area contributed by atoms with Gasteiger partial charge >= 0.3 is 5.97 Å². The van der Waals surface area contributed by atoms with Crippen LogP contribution in [-0.2, 0) is 14.3 Å². The van der Waals surface area contributed by atoms with Gasteiger partial charge in [-0.15, -0.1) is 0 Å². The molecular formula is C9H14O3. The lowest BCUT2D eigenvalue weighted by molar-refractivity contribution is -0.134. The quantitative estimate of drug-likeness (QED) is 0.357. The molecule has 0 amide bonds. The summed E-state index contributed by atoms with van der Waals surface area (Å²) in [4.78, 5) is 11.0. The van der Waals surface area contributed by atoms with E-state index in [0.29, 0.717) is 12.2 Å². The highest BCUT2D eigenvalue weighted by Crippen LogP contribution is 2.05. The average Bonchev–Trinajstić information content (AvgIpc) is 2.04. The van der Waals surface area contributed by atoms with Crippen LogP contribution in [0.15, 0.2) is 25.0 Å². The minimum Gasteiger partial charge on any atom is -0.432 e. The van der Waals surface area contributed by atoms with Gasteiger partial charge in [-0.1, -0.05) is 13.2 Å². The Kier molecular flexibility index (Phi) is 5.04. The average molecular weight is 170 g/mol. The lowest BCUT2D eigenvalue weighted by Gasteiger charge is -2.11. The molecule has 68 valence electrons. The molecule has 0 fully saturated rings. The fraction of sp³-hybridized carbons (Fsp3) is 0.444. The van der Waals surface area contributed by atoms with Crippen LogP contribution in [0.5, 0.6) is 0 Å². The van der Waals surface area contributed by atoms with Crippen molar-refractivity contribution in [3.63, 3.8) is 0 Å². The zero-order chi connectivity index (χ0) is 9.56. The molecule has 0 aromatic carbocycles. The van der Waals surface area contributed by atoms with E-state index in [1.807, 2.05) is 6.92 Å². The molecular weight excluding hydrogens is 156 g/mol. The van der Waals surface area contributed by atoms with Crippen LogP contribution in [0, 0.1) is 0 Å². The van der Waals surface area contributed by atoms with E-state index < -0.39 is 5.97 Å². The number of rotatable bonds is 5. The molecule has 0 aliphatic rings. The first kappa shape index (κ1) is 10.9. The van der Waals surface area contributed by atoms with E-state index >= 15 is 0 Å². The number of esters is 1. The predicted octanol–water partition coefficient (Wildman–Crippen LogP) is 1.65. The van der Waals surface area contributed by atoms with Crippen molar-refractivity contribution in [3.8, 4) is 0 Å². The van der Waals surface area contributed by atoms with Gasteiger partial charge in [0.1, 0.15) is 0 Å². The summed E-state index contributed by atoms with van der Waals surface area (Å²) in [5.74, 6) is -0.494. The molecule has 0 saturated carbocycles. The van der Waals surface area contributed by atoms with Crippen molar-refractivity contribution in [2.45, 2.75) is 20.0 Å². The van der Waals surface area contributed by atoms with Crippen LogP contribution in [-0.4, -0.2) is 18.7 Å². The van der Waals surface area contributed by atoms with Gasteiger partial charge in [-0.25, -0.2) is 4.79 Å². The second-order valence-corrected chi connectivity index (χ2v) is 2.19. The lowest BCUT2D eigenvalue weighted by Crippen LogP contribution is -2.18. The summed E-state index contributed by atoms with van der Waals surface area (Å²) >= 11 is 0. The van der Waals surface area contributed by atoms with Crippen LogP contribution < -0.4 is 0 Å². The predicted molar refractivity (Wildman–Crippen MR) is 46.5 cm³/mol. The molecule has 0 aromatic heterocycles. The van der Waals surface area contributed by atoms with Crippen molar-refractivity contribution in [1.29, 1.82) is 0 Å². The molecule has 0 rings (SSSR count). The molecule has 3 heteroatoms. The third-order valence-electron chi connectivity index (χ3n) is 1.36. The number of hydrogen-bond acceptors (Lipinski definition) is 3. The molecule has 0 saturated heterocycles. The molecule has 12 heavy (non-hydrogen) atoms. The molecule has 0 aromatic rings. The second-order valence-electron chi connectivity index (χ2n) is 2.19. The fourth-order valence-corrected chi connectivity index (χ4v) is 0.668. The van der Waals surface area contributed by atoms with Crippen molar-refractivity contribution >= 4 is 5.97 Å². The molecule has 0 bridgehead atoms. The number of carbonyl (C=O) groups excluding carboxylic acids is 1. The zero-order valence-corrected chi connectivity index (χ0v) is 7.50. The van der Waals surface area contributed by atoms with Gasteiger partial charge in [0.25, 0.3) is 0 Å². The Morgan fingerprint density at radius 3 is 2.67 bits per heavy atom. The molecule has 1 atom stereocenters. The summed E-state index contributed by atoms with van der Waals surface area (Å²) in [5, 5.41) is 0. The summed E-state index contributed by atoms with van der Waals surface area (Å²) < 4.78 is 9.65. The minimum absolute atomic E-state index is 0.303. The van der Waals surface area contributed by atoms with Gasteiger partial charge in [0, 0.05) is 6.61 Å². The molecule has 0 N–H and O–H groups in total. The van der Waals surface area contributed by atoms with Gasteiger partial charge in [-0.05, 0) is 13.8 Å². The van der Waals surface area contributed by atoms with Crippen molar-refractivity contribution in [1.82, 2.24) is 0 Å². The third-order valence-corrected chi connectivity index (χ3v) is 1.36. The topological polar surface area (TPSA) is 35.5 Å². The maximum atomic E-state index is 11.0. The Labute approximate surface area is 72.7 Å². The number of hydrogen-bond donors (Lipinski definition) is 0. The third kappa shape index (κ3) is 3.34. The maximum absolute atomic E-state index is 11.0. The van der Waals surface area contributed by atoms with Gasteiger partial charge in [0.15, 0.2) is 0 Å². The standard InChI is InChI=1S/C9H14O3/c1-5-11-8(4)7(3)9(10)12-6-2/h6,8H,2-3,5H2,1,4H3. The first-order chi connectivity index (χ1) is 5.63. The van der Waals surface area contributed by atoms with E-state index in [1.54, 1.807) is 6.92 Å². The van der Waals surface area contributed by atoms with Crippen molar-refractivity contribution in [2.75, 3.05) is 6.61 Å². The first-order valence-electron chi connectivity index (χ1n) is 3.75. The van der Waals surface area contributed by atoms with Crippen LogP contribution in [0.4, 0.5) is 0 Å². The van der Waals surface area contributed by atoms with Crippen LogP contribution in [0.1, 0.15) is 13.8 Å². The lowest BCUT2D eigenvalue weighted by atomic mass is 10.2. The maximum Gasteiger partial charge on any atom is 0.340 e. The van der Waals surface area contributed by atoms with Crippen LogP contribution in [0.2, 0.25) is 0 Å². The van der Waals surface area contributed by atoms with Crippen molar-refractivity contribution in [3.05, 3.63) is 25.0 Å². The van der Waals surface area contributed by atoms with E-state index in [-0.39, 0.29) is 6.10 Å². The minimum atomic E-state index is -0.494. The van der Waals surface area contributed by atoms with E-state index in [9.17, 15) is 4.79 Å². The van der Waals surface area contributed by atoms with E-state index in [0.717, 1.165) is 6.26 Å². The van der Waals surface area contributed by atoms with Crippen LogP contribution in [0.25, 0.3) is 0 Å². The fourth-order valence-electron chi connectivity index (χ4n) is 0.668. The summed E-state index contributed by atoms with van der Waals surface area (Å²) in [7, 11) is 0. The van der Waals surface area contributed by atoms with Crippen LogP contribution >= 0.6 is 0 Å². The molecule has 0 radical (unpaired) electrons.